The fourth-order valence-electron chi connectivity index (χ4n) is 2.33. The smallest absolute Gasteiger partial charge is 0.133 e. The highest BCUT2D eigenvalue weighted by atomic mass is 79.9. The molecule has 2 N–H and O–H groups in total. The lowest BCUT2D eigenvalue weighted by atomic mass is 10.0. The van der Waals surface area contributed by atoms with Crippen LogP contribution >= 0.6 is 15.9 Å². The van der Waals surface area contributed by atoms with Crippen LogP contribution in [0, 0.1) is 13.8 Å². The number of hydrogen-bond acceptors (Lipinski definition) is 3. The number of piperazine rings is 1. The maximum atomic E-state index is 10.2. The molecule has 1 aliphatic heterocycles. The molecule has 1 aliphatic rings. The van der Waals surface area contributed by atoms with Crippen molar-refractivity contribution in [2.75, 3.05) is 32.7 Å². The van der Waals surface area contributed by atoms with Gasteiger partial charge in [0, 0.05) is 32.7 Å². The van der Waals surface area contributed by atoms with Crippen LogP contribution in [0.5, 0.6) is 5.75 Å². The molecular weight excluding hydrogens is 292 g/mol. The minimum Gasteiger partial charge on any atom is -0.506 e. The summed E-state index contributed by atoms with van der Waals surface area (Å²) in [5.74, 6) is 0.410. The van der Waals surface area contributed by atoms with Crippen molar-refractivity contribution in [2.45, 2.75) is 20.3 Å². The van der Waals surface area contributed by atoms with Gasteiger partial charge in [0.05, 0.1) is 4.47 Å². The van der Waals surface area contributed by atoms with Crippen LogP contribution in [0.4, 0.5) is 0 Å². The van der Waals surface area contributed by atoms with Gasteiger partial charge in [0.1, 0.15) is 5.75 Å². The summed E-state index contributed by atoms with van der Waals surface area (Å²) in [6.07, 6.45) is 0.908. The lowest BCUT2D eigenvalue weighted by Crippen LogP contribution is -2.44. The summed E-state index contributed by atoms with van der Waals surface area (Å²) in [5, 5.41) is 13.5. The van der Waals surface area contributed by atoms with Crippen molar-refractivity contribution >= 4 is 15.9 Å². The minimum atomic E-state index is 0.410. The van der Waals surface area contributed by atoms with Gasteiger partial charge in [-0.2, -0.15) is 0 Å². The van der Waals surface area contributed by atoms with Crippen LogP contribution < -0.4 is 5.32 Å². The molecule has 2 rings (SSSR count). The molecule has 1 saturated heterocycles. The van der Waals surface area contributed by atoms with Gasteiger partial charge in [0.2, 0.25) is 0 Å². The van der Waals surface area contributed by atoms with Crippen LogP contribution in [-0.4, -0.2) is 42.7 Å². The van der Waals surface area contributed by atoms with E-state index in [-0.39, 0.29) is 0 Å². The summed E-state index contributed by atoms with van der Waals surface area (Å²) >= 11 is 3.47. The topological polar surface area (TPSA) is 35.5 Å². The Labute approximate surface area is 117 Å². The predicted molar refractivity (Wildman–Crippen MR) is 78.3 cm³/mol. The summed E-state index contributed by atoms with van der Waals surface area (Å²) in [4.78, 5) is 2.44. The van der Waals surface area contributed by atoms with Crippen LogP contribution in [0.15, 0.2) is 10.5 Å². The first-order valence-corrected chi connectivity index (χ1v) is 7.29. The number of rotatable bonds is 3. The number of halogens is 1. The molecule has 1 heterocycles. The molecule has 18 heavy (non-hydrogen) atoms. The van der Waals surface area contributed by atoms with E-state index >= 15 is 0 Å². The average Bonchev–Trinajstić information content (AvgIpc) is 2.40. The second kappa shape index (κ2) is 6.04. The van der Waals surface area contributed by atoms with Crippen LogP contribution in [-0.2, 0) is 6.42 Å². The number of phenolic OH excluding ortho intramolecular Hbond substituents is 1. The molecule has 0 aliphatic carbocycles. The maximum Gasteiger partial charge on any atom is 0.133 e. The summed E-state index contributed by atoms with van der Waals surface area (Å²) in [6.45, 7) is 9.49. The first kappa shape index (κ1) is 13.8. The third kappa shape index (κ3) is 3.05. The monoisotopic (exact) mass is 312 g/mol. The highest BCUT2D eigenvalue weighted by molar-refractivity contribution is 9.10. The Balaban J connectivity index is 2.05. The molecule has 0 aromatic heterocycles. The van der Waals surface area contributed by atoms with Crippen molar-refractivity contribution in [3.05, 3.63) is 27.2 Å². The van der Waals surface area contributed by atoms with E-state index in [1.165, 1.54) is 5.56 Å². The maximum absolute atomic E-state index is 10.2. The molecule has 0 bridgehead atoms. The number of aromatic hydroxyl groups is 1. The Morgan fingerprint density at radius 3 is 2.67 bits per heavy atom. The Hall–Kier alpha value is -0.580. The number of nitrogens with zero attached hydrogens (tertiary/aromatic N) is 1. The first-order chi connectivity index (χ1) is 8.59. The van der Waals surface area contributed by atoms with Crippen LogP contribution in [0.25, 0.3) is 0 Å². The number of nitrogens with one attached hydrogen (secondary N) is 1. The minimum absolute atomic E-state index is 0.410. The van der Waals surface area contributed by atoms with E-state index in [0.717, 1.165) is 54.7 Å². The lowest BCUT2D eigenvalue weighted by Gasteiger charge is -2.27. The van der Waals surface area contributed by atoms with Gasteiger partial charge in [-0.15, -0.1) is 0 Å². The van der Waals surface area contributed by atoms with Gasteiger partial charge in [-0.1, -0.05) is 6.07 Å². The highest BCUT2D eigenvalue weighted by Crippen LogP contribution is 2.33. The fourth-order valence-corrected chi connectivity index (χ4v) is 2.90. The summed E-state index contributed by atoms with van der Waals surface area (Å²) in [5.41, 5.74) is 3.40. The van der Waals surface area contributed by atoms with Crippen molar-refractivity contribution in [3.8, 4) is 5.75 Å². The molecule has 0 unspecified atom stereocenters. The SMILES string of the molecule is Cc1cc(CCN2CCNCC2)c(O)c(Br)c1C. The van der Waals surface area contributed by atoms with Gasteiger partial charge in [0.15, 0.2) is 0 Å². The molecule has 0 radical (unpaired) electrons. The summed E-state index contributed by atoms with van der Waals surface area (Å²) in [6, 6.07) is 2.11. The number of hydrogen-bond donors (Lipinski definition) is 2. The van der Waals surface area contributed by atoms with Gasteiger partial charge in [-0.25, -0.2) is 0 Å². The fraction of sp³-hybridized carbons (Fsp3) is 0.571. The number of phenols is 1. The highest BCUT2D eigenvalue weighted by Gasteiger charge is 2.13. The lowest BCUT2D eigenvalue weighted by molar-refractivity contribution is 0.243. The second-order valence-electron chi connectivity index (χ2n) is 4.98. The normalized spacial score (nSPS) is 17.1. The van der Waals surface area contributed by atoms with E-state index in [9.17, 15) is 5.11 Å². The van der Waals surface area contributed by atoms with E-state index < -0.39 is 0 Å². The Morgan fingerprint density at radius 1 is 1.33 bits per heavy atom. The molecule has 3 nitrogen and oxygen atoms in total. The third-order valence-corrected chi connectivity index (χ3v) is 4.70. The zero-order valence-corrected chi connectivity index (χ0v) is 12.7. The van der Waals surface area contributed by atoms with Gasteiger partial charge in [0.25, 0.3) is 0 Å². The van der Waals surface area contributed by atoms with Gasteiger partial charge < -0.3 is 15.3 Å². The zero-order valence-electron chi connectivity index (χ0n) is 11.1. The summed E-state index contributed by atoms with van der Waals surface area (Å²) in [7, 11) is 0. The van der Waals surface area contributed by atoms with Crippen LogP contribution in [0.1, 0.15) is 16.7 Å². The molecule has 1 aromatic carbocycles. The standard InChI is InChI=1S/C14H21BrN2O/c1-10-9-12(14(18)13(15)11(10)2)3-6-17-7-4-16-5-8-17/h9,16,18H,3-8H2,1-2H3. The van der Waals surface area contributed by atoms with Crippen molar-refractivity contribution in [2.24, 2.45) is 0 Å². The Morgan fingerprint density at radius 2 is 2.00 bits per heavy atom. The van der Waals surface area contributed by atoms with Gasteiger partial charge in [-0.3, -0.25) is 0 Å². The summed E-state index contributed by atoms with van der Waals surface area (Å²) < 4.78 is 0.845. The van der Waals surface area contributed by atoms with E-state index in [4.69, 9.17) is 0 Å². The van der Waals surface area contributed by atoms with Gasteiger partial charge in [-0.05, 0) is 52.9 Å². The van der Waals surface area contributed by atoms with Gasteiger partial charge >= 0.3 is 0 Å². The van der Waals surface area contributed by atoms with E-state index in [2.05, 4.69) is 39.1 Å². The Kier molecular flexibility index (Phi) is 4.65. The van der Waals surface area contributed by atoms with Crippen LogP contribution in [0.2, 0.25) is 0 Å². The molecule has 0 amide bonds. The number of benzene rings is 1. The molecule has 1 aromatic rings. The van der Waals surface area contributed by atoms with Crippen molar-refractivity contribution in [3.63, 3.8) is 0 Å². The Bertz CT molecular complexity index is 428. The molecule has 0 atom stereocenters. The van der Waals surface area contributed by atoms with Crippen molar-refractivity contribution < 1.29 is 5.11 Å². The van der Waals surface area contributed by atoms with E-state index in [0.29, 0.717) is 5.75 Å². The molecule has 4 heteroatoms. The van der Waals surface area contributed by atoms with Crippen molar-refractivity contribution in [1.82, 2.24) is 10.2 Å². The molecular formula is C14H21BrN2O. The molecule has 0 saturated carbocycles. The quantitative estimate of drug-likeness (QED) is 0.898. The largest absolute Gasteiger partial charge is 0.506 e. The second-order valence-corrected chi connectivity index (χ2v) is 5.77. The number of aryl methyl sites for hydroxylation is 1. The third-order valence-electron chi connectivity index (χ3n) is 3.73. The molecule has 0 spiro atoms. The molecule has 1 fully saturated rings. The average molecular weight is 313 g/mol. The van der Waals surface area contributed by atoms with Crippen molar-refractivity contribution in [1.29, 1.82) is 0 Å². The zero-order chi connectivity index (χ0) is 13.1. The molecule has 100 valence electrons. The first-order valence-electron chi connectivity index (χ1n) is 6.50. The van der Waals surface area contributed by atoms with Crippen LogP contribution in [0.3, 0.4) is 0 Å². The van der Waals surface area contributed by atoms with E-state index in [1.54, 1.807) is 0 Å². The predicted octanol–water partition coefficient (Wildman–Crippen LogP) is 2.22. The van der Waals surface area contributed by atoms with E-state index in [1.807, 2.05) is 6.92 Å².